The van der Waals surface area contributed by atoms with Gasteiger partial charge in [0.1, 0.15) is 0 Å². The van der Waals surface area contributed by atoms with Gasteiger partial charge in [0.05, 0.1) is 11.6 Å². The third-order valence-electron chi connectivity index (χ3n) is 3.59. The second kappa shape index (κ2) is 5.18. The monoisotopic (exact) mass is 262 g/mol. The van der Waals surface area contributed by atoms with Crippen LogP contribution in [0.15, 0.2) is 48.5 Å². The van der Waals surface area contributed by atoms with Gasteiger partial charge in [-0.05, 0) is 42.7 Å². The molecule has 0 unspecified atom stereocenters. The van der Waals surface area contributed by atoms with Gasteiger partial charge in [-0.25, -0.2) is 0 Å². The number of para-hydroxylation sites is 1. The molecule has 0 aromatic heterocycles. The van der Waals surface area contributed by atoms with Crippen molar-refractivity contribution in [3.63, 3.8) is 0 Å². The number of rotatable bonds is 1. The number of hydrogen-bond acceptors (Lipinski definition) is 2. The van der Waals surface area contributed by atoms with Gasteiger partial charge in [-0.2, -0.15) is 5.26 Å². The summed E-state index contributed by atoms with van der Waals surface area (Å²) < 4.78 is 0. The normalized spacial score (nSPS) is 13.4. The molecule has 1 aliphatic heterocycles. The molecule has 0 N–H and O–H groups in total. The molecular formula is C17H14N2O. The summed E-state index contributed by atoms with van der Waals surface area (Å²) in [6.45, 7) is 0.729. The number of benzene rings is 2. The van der Waals surface area contributed by atoms with E-state index in [2.05, 4.69) is 12.1 Å². The molecule has 2 aromatic rings. The van der Waals surface area contributed by atoms with Crippen LogP contribution in [0.5, 0.6) is 0 Å². The number of amides is 1. The van der Waals surface area contributed by atoms with E-state index >= 15 is 0 Å². The molecular weight excluding hydrogens is 248 g/mol. The summed E-state index contributed by atoms with van der Waals surface area (Å²) in [7, 11) is 0. The Morgan fingerprint density at radius 2 is 2.00 bits per heavy atom. The highest BCUT2D eigenvalue weighted by molar-refractivity contribution is 6.06. The summed E-state index contributed by atoms with van der Waals surface area (Å²) in [5.74, 6) is -0.0331. The predicted octanol–water partition coefficient (Wildman–Crippen LogP) is 3.15. The fourth-order valence-electron chi connectivity index (χ4n) is 2.62. The van der Waals surface area contributed by atoms with Gasteiger partial charge in [0, 0.05) is 17.8 Å². The number of carbonyl (C=O) groups is 1. The number of carbonyl (C=O) groups excluding carboxylic acids is 1. The summed E-state index contributed by atoms with van der Waals surface area (Å²) in [5, 5.41) is 8.94. The average Bonchev–Trinajstić information content (AvgIpc) is 2.53. The van der Waals surface area contributed by atoms with E-state index in [0.29, 0.717) is 11.1 Å². The zero-order valence-corrected chi connectivity index (χ0v) is 11.0. The Morgan fingerprint density at radius 1 is 1.15 bits per heavy atom. The number of nitriles is 1. The number of fused-ring (bicyclic) bond motifs is 1. The van der Waals surface area contributed by atoms with E-state index in [1.54, 1.807) is 24.3 Å². The number of aryl methyl sites for hydroxylation is 1. The zero-order chi connectivity index (χ0) is 13.9. The number of hydrogen-bond donors (Lipinski definition) is 0. The van der Waals surface area contributed by atoms with Gasteiger partial charge in [-0.3, -0.25) is 4.79 Å². The summed E-state index contributed by atoms with van der Waals surface area (Å²) >= 11 is 0. The second-order valence-corrected chi connectivity index (χ2v) is 4.88. The van der Waals surface area contributed by atoms with Crippen molar-refractivity contribution >= 4 is 11.6 Å². The lowest BCUT2D eigenvalue weighted by atomic mass is 10.0. The maximum absolute atomic E-state index is 12.6. The molecule has 0 radical (unpaired) electrons. The van der Waals surface area contributed by atoms with Crippen molar-refractivity contribution in [3.8, 4) is 6.07 Å². The van der Waals surface area contributed by atoms with Gasteiger partial charge in [0.15, 0.2) is 0 Å². The van der Waals surface area contributed by atoms with Crippen LogP contribution >= 0.6 is 0 Å². The molecule has 1 amide bonds. The van der Waals surface area contributed by atoms with Crippen molar-refractivity contribution < 1.29 is 4.79 Å². The van der Waals surface area contributed by atoms with Crippen LogP contribution in [0.1, 0.15) is 27.9 Å². The van der Waals surface area contributed by atoms with Crippen LogP contribution in [0.4, 0.5) is 5.69 Å². The van der Waals surface area contributed by atoms with Crippen LogP contribution in [0.2, 0.25) is 0 Å². The number of nitrogens with zero attached hydrogens (tertiary/aromatic N) is 2. The lowest BCUT2D eigenvalue weighted by Gasteiger charge is -2.29. The van der Waals surface area contributed by atoms with E-state index < -0.39 is 0 Å². The van der Waals surface area contributed by atoms with Crippen LogP contribution < -0.4 is 4.90 Å². The van der Waals surface area contributed by atoms with E-state index in [0.717, 1.165) is 25.1 Å². The van der Waals surface area contributed by atoms with E-state index in [9.17, 15) is 4.79 Å². The van der Waals surface area contributed by atoms with Crippen molar-refractivity contribution in [2.24, 2.45) is 0 Å². The van der Waals surface area contributed by atoms with Crippen molar-refractivity contribution in [1.29, 1.82) is 5.26 Å². The van der Waals surface area contributed by atoms with Crippen molar-refractivity contribution in [2.45, 2.75) is 12.8 Å². The van der Waals surface area contributed by atoms with Crippen molar-refractivity contribution in [3.05, 3.63) is 65.2 Å². The Labute approximate surface area is 118 Å². The minimum absolute atomic E-state index is 0.0331. The Kier molecular flexibility index (Phi) is 3.22. The van der Waals surface area contributed by atoms with E-state index in [1.165, 1.54) is 5.56 Å². The molecule has 0 bridgehead atoms. The van der Waals surface area contributed by atoms with Crippen LogP contribution in [-0.2, 0) is 6.42 Å². The molecule has 0 saturated heterocycles. The third-order valence-corrected chi connectivity index (χ3v) is 3.59. The van der Waals surface area contributed by atoms with Gasteiger partial charge in [0.25, 0.3) is 5.91 Å². The van der Waals surface area contributed by atoms with Crippen LogP contribution in [0, 0.1) is 11.3 Å². The lowest BCUT2D eigenvalue weighted by Crippen LogP contribution is -2.35. The molecule has 0 atom stereocenters. The van der Waals surface area contributed by atoms with Crippen LogP contribution in [-0.4, -0.2) is 12.5 Å². The van der Waals surface area contributed by atoms with Gasteiger partial charge in [-0.1, -0.05) is 24.3 Å². The standard InChI is InChI=1S/C17H14N2O/c18-12-13-5-3-7-15(11-13)17(20)19-10-4-8-14-6-1-2-9-16(14)19/h1-3,5-7,9,11H,4,8,10H2. The van der Waals surface area contributed by atoms with Crippen molar-refractivity contribution in [2.75, 3.05) is 11.4 Å². The van der Waals surface area contributed by atoms with E-state index in [4.69, 9.17) is 5.26 Å². The Bertz CT molecular complexity index is 700. The molecule has 2 aromatic carbocycles. The summed E-state index contributed by atoms with van der Waals surface area (Å²) in [6, 6.07) is 17.0. The minimum Gasteiger partial charge on any atom is -0.308 e. The van der Waals surface area contributed by atoms with Gasteiger partial charge in [0.2, 0.25) is 0 Å². The molecule has 0 spiro atoms. The summed E-state index contributed by atoms with van der Waals surface area (Å²) in [4.78, 5) is 14.5. The van der Waals surface area contributed by atoms with Crippen LogP contribution in [0.3, 0.4) is 0 Å². The summed E-state index contributed by atoms with van der Waals surface area (Å²) in [5.41, 5.74) is 3.29. The van der Waals surface area contributed by atoms with Gasteiger partial charge < -0.3 is 4.90 Å². The van der Waals surface area contributed by atoms with E-state index in [-0.39, 0.29) is 5.91 Å². The topological polar surface area (TPSA) is 44.1 Å². The first kappa shape index (κ1) is 12.4. The molecule has 1 heterocycles. The largest absolute Gasteiger partial charge is 0.308 e. The Hall–Kier alpha value is -2.60. The average molecular weight is 262 g/mol. The van der Waals surface area contributed by atoms with Crippen molar-refractivity contribution in [1.82, 2.24) is 0 Å². The molecule has 0 aliphatic carbocycles. The van der Waals surface area contributed by atoms with E-state index in [1.807, 2.05) is 23.1 Å². The van der Waals surface area contributed by atoms with Gasteiger partial charge >= 0.3 is 0 Å². The quantitative estimate of drug-likeness (QED) is 0.792. The molecule has 3 rings (SSSR count). The van der Waals surface area contributed by atoms with Gasteiger partial charge in [-0.15, -0.1) is 0 Å². The summed E-state index contributed by atoms with van der Waals surface area (Å²) in [6.07, 6.45) is 1.99. The smallest absolute Gasteiger partial charge is 0.258 e. The first-order valence-corrected chi connectivity index (χ1v) is 6.69. The first-order valence-electron chi connectivity index (χ1n) is 6.69. The molecule has 1 aliphatic rings. The Morgan fingerprint density at radius 3 is 2.85 bits per heavy atom. The fraction of sp³-hybridized carbons (Fsp3) is 0.176. The fourth-order valence-corrected chi connectivity index (χ4v) is 2.62. The molecule has 3 heteroatoms. The highest BCUT2D eigenvalue weighted by atomic mass is 16.2. The molecule has 3 nitrogen and oxygen atoms in total. The minimum atomic E-state index is -0.0331. The predicted molar refractivity (Wildman–Crippen MR) is 77.6 cm³/mol. The maximum atomic E-state index is 12.6. The molecule has 20 heavy (non-hydrogen) atoms. The maximum Gasteiger partial charge on any atom is 0.258 e. The molecule has 0 fully saturated rings. The number of anilines is 1. The molecule has 98 valence electrons. The SMILES string of the molecule is N#Cc1cccc(C(=O)N2CCCc3ccccc32)c1. The zero-order valence-electron chi connectivity index (χ0n) is 11.0. The lowest BCUT2D eigenvalue weighted by molar-refractivity contribution is 0.0985. The molecule has 0 saturated carbocycles. The first-order chi connectivity index (χ1) is 9.79. The second-order valence-electron chi connectivity index (χ2n) is 4.88. The third kappa shape index (κ3) is 2.17. The highest BCUT2D eigenvalue weighted by Gasteiger charge is 2.23. The van der Waals surface area contributed by atoms with Crippen LogP contribution in [0.25, 0.3) is 0 Å². The highest BCUT2D eigenvalue weighted by Crippen LogP contribution is 2.28. The Balaban J connectivity index is 1.98.